The molecule has 9 heteroatoms. The van der Waals surface area contributed by atoms with E-state index in [9.17, 15) is 9.59 Å². The van der Waals surface area contributed by atoms with E-state index in [2.05, 4.69) is 15.9 Å². The van der Waals surface area contributed by atoms with Crippen LogP contribution in [0.1, 0.15) is 17.7 Å². The monoisotopic (exact) mass is 484 g/mol. The molecule has 5 rings (SSSR count). The molecule has 8 nitrogen and oxygen atoms in total. The van der Waals surface area contributed by atoms with Gasteiger partial charge in [0, 0.05) is 55.9 Å². The van der Waals surface area contributed by atoms with Crippen LogP contribution in [-0.4, -0.2) is 92.1 Å². The highest BCUT2D eigenvalue weighted by molar-refractivity contribution is 7.09. The van der Waals surface area contributed by atoms with Gasteiger partial charge >= 0.3 is 0 Å². The summed E-state index contributed by atoms with van der Waals surface area (Å²) in [5.74, 6) is 1.71. The van der Waals surface area contributed by atoms with Crippen molar-refractivity contribution in [3.8, 4) is 11.5 Å². The second-order valence-electron chi connectivity index (χ2n) is 9.03. The van der Waals surface area contributed by atoms with E-state index in [0.29, 0.717) is 38.6 Å². The zero-order valence-electron chi connectivity index (χ0n) is 19.5. The van der Waals surface area contributed by atoms with Crippen molar-refractivity contribution >= 4 is 28.8 Å². The van der Waals surface area contributed by atoms with Gasteiger partial charge in [-0.3, -0.25) is 19.4 Å². The van der Waals surface area contributed by atoms with Gasteiger partial charge in [0.05, 0.1) is 19.6 Å². The summed E-state index contributed by atoms with van der Waals surface area (Å²) in [4.78, 5) is 35.3. The molecule has 3 aliphatic rings. The molecule has 0 bridgehead atoms. The zero-order valence-corrected chi connectivity index (χ0v) is 20.3. The minimum absolute atomic E-state index is 0.0617. The molecule has 1 aromatic heterocycles. The molecule has 0 aliphatic carbocycles. The van der Waals surface area contributed by atoms with Crippen molar-refractivity contribution in [3.63, 3.8) is 0 Å². The van der Waals surface area contributed by atoms with Gasteiger partial charge in [-0.1, -0.05) is 6.07 Å². The molecule has 0 N–H and O–H groups in total. The van der Waals surface area contributed by atoms with Gasteiger partial charge in [0.25, 0.3) is 0 Å². The average Bonchev–Trinajstić information content (AvgIpc) is 3.58. The predicted molar refractivity (Wildman–Crippen MR) is 132 cm³/mol. The van der Waals surface area contributed by atoms with Crippen molar-refractivity contribution in [1.82, 2.24) is 14.7 Å². The van der Waals surface area contributed by atoms with E-state index in [-0.39, 0.29) is 11.8 Å². The van der Waals surface area contributed by atoms with E-state index in [1.54, 1.807) is 11.3 Å². The first-order valence-electron chi connectivity index (χ1n) is 12.1. The standard InChI is InChI=1S/C25H32N4O4S/c30-24(28-7-1-2-8-28)18-26-9-11-27(12-10-26)19-25(31)29(17-21-4-3-15-34-21)20-5-6-22-23(16-20)33-14-13-32-22/h3-6,15-16H,1-2,7-14,17-19H2. The molecule has 34 heavy (non-hydrogen) atoms. The number of nitrogens with zero attached hydrogens (tertiary/aromatic N) is 4. The maximum absolute atomic E-state index is 13.5. The van der Waals surface area contributed by atoms with Crippen LogP contribution in [0, 0.1) is 0 Å². The molecule has 2 saturated heterocycles. The minimum atomic E-state index is 0.0617. The maximum atomic E-state index is 13.5. The SMILES string of the molecule is O=C(CN1CCN(CC(=O)N(Cc2cccs2)c2ccc3c(c2)OCCO3)CC1)N1CCCC1. The largest absolute Gasteiger partial charge is 0.486 e. The summed E-state index contributed by atoms with van der Waals surface area (Å²) < 4.78 is 11.4. The fourth-order valence-corrected chi connectivity index (χ4v) is 5.41. The third-order valence-corrected chi connectivity index (χ3v) is 7.54. The van der Waals surface area contributed by atoms with Crippen LogP contribution in [0.5, 0.6) is 11.5 Å². The number of ether oxygens (including phenoxy) is 2. The zero-order chi connectivity index (χ0) is 23.3. The Morgan fingerprint density at radius 1 is 0.882 bits per heavy atom. The summed E-state index contributed by atoms with van der Waals surface area (Å²) in [6.07, 6.45) is 2.24. The lowest BCUT2D eigenvalue weighted by Crippen LogP contribution is -2.52. The highest BCUT2D eigenvalue weighted by atomic mass is 32.1. The van der Waals surface area contributed by atoms with E-state index >= 15 is 0 Å². The van der Waals surface area contributed by atoms with Gasteiger partial charge in [-0.2, -0.15) is 0 Å². The molecule has 4 heterocycles. The molecular weight excluding hydrogens is 452 g/mol. The number of likely N-dealkylation sites (tertiary alicyclic amines) is 1. The smallest absolute Gasteiger partial charge is 0.241 e. The molecule has 0 atom stereocenters. The van der Waals surface area contributed by atoms with E-state index in [1.807, 2.05) is 39.4 Å². The fraction of sp³-hybridized carbons (Fsp3) is 0.520. The molecule has 2 aromatic rings. The van der Waals surface area contributed by atoms with Crippen molar-refractivity contribution in [2.24, 2.45) is 0 Å². The lowest BCUT2D eigenvalue weighted by molar-refractivity contribution is -0.132. The number of rotatable bonds is 7. The number of carbonyl (C=O) groups excluding carboxylic acids is 2. The molecule has 3 aliphatic heterocycles. The van der Waals surface area contributed by atoms with Gasteiger partial charge in [-0.05, 0) is 36.4 Å². The quantitative estimate of drug-likeness (QED) is 0.601. The molecule has 2 fully saturated rings. The Morgan fingerprint density at radius 2 is 1.59 bits per heavy atom. The van der Waals surface area contributed by atoms with E-state index in [1.165, 1.54) is 0 Å². The predicted octanol–water partition coefficient (Wildman–Crippen LogP) is 2.29. The first kappa shape index (κ1) is 23.1. The second-order valence-corrected chi connectivity index (χ2v) is 10.1. The Kier molecular flexibility index (Phi) is 7.32. The Morgan fingerprint density at radius 3 is 2.29 bits per heavy atom. The van der Waals surface area contributed by atoms with Crippen LogP contribution in [0.15, 0.2) is 35.7 Å². The van der Waals surface area contributed by atoms with Crippen LogP contribution in [0.4, 0.5) is 5.69 Å². The summed E-state index contributed by atoms with van der Waals surface area (Å²) in [6, 6.07) is 9.78. The maximum Gasteiger partial charge on any atom is 0.241 e. The summed E-state index contributed by atoms with van der Waals surface area (Å²) in [5.41, 5.74) is 0.817. The molecule has 0 spiro atoms. The number of fused-ring (bicyclic) bond motifs is 1. The first-order valence-corrected chi connectivity index (χ1v) is 13.0. The minimum Gasteiger partial charge on any atom is -0.486 e. The normalized spacial score (nSPS) is 18.8. The molecule has 2 amide bonds. The number of piperazine rings is 1. The molecular formula is C25H32N4O4S. The summed E-state index contributed by atoms with van der Waals surface area (Å²) in [6.45, 7) is 7.40. The Hall–Kier alpha value is -2.62. The van der Waals surface area contributed by atoms with Crippen molar-refractivity contribution < 1.29 is 19.1 Å². The number of hydrogen-bond acceptors (Lipinski definition) is 7. The fourth-order valence-electron chi connectivity index (χ4n) is 4.72. The topological polar surface area (TPSA) is 65.6 Å². The number of hydrogen-bond donors (Lipinski definition) is 0. The molecule has 0 saturated carbocycles. The van der Waals surface area contributed by atoms with Crippen LogP contribution in [0.3, 0.4) is 0 Å². The lowest BCUT2D eigenvalue weighted by atomic mass is 10.2. The van der Waals surface area contributed by atoms with Gasteiger partial charge in [0.1, 0.15) is 13.2 Å². The van der Waals surface area contributed by atoms with Crippen LogP contribution < -0.4 is 14.4 Å². The lowest BCUT2D eigenvalue weighted by Gasteiger charge is -2.35. The third kappa shape index (κ3) is 5.54. The van der Waals surface area contributed by atoms with Crippen LogP contribution >= 0.6 is 11.3 Å². The van der Waals surface area contributed by atoms with E-state index < -0.39 is 0 Å². The van der Waals surface area contributed by atoms with Crippen LogP contribution in [0.2, 0.25) is 0 Å². The number of carbonyl (C=O) groups is 2. The molecule has 182 valence electrons. The highest BCUT2D eigenvalue weighted by Crippen LogP contribution is 2.34. The number of thiophene rings is 1. The number of anilines is 1. The second kappa shape index (κ2) is 10.8. The third-order valence-electron chi connectivity index (χ3n) is 6.67. The van der Waals surface area contributed by atoms with Gasteiger partial charge in [0.15, 0.2) is 11.5 Å². The molecule has 0 radical (unpaired) electrons. The summed E-state index contributed by atoms with van der Waals surface area (Å²) in [5, 5.41) is 2.03. The Labute approximate surface area is 204 Å². The van der Waals surface area contributed by atoms with Crippen molar-refractivity contribution in [3.05, 3.63) is 40.6 Å². The summed E-state index contributed by atoms with van der Waals surface area (Å²) in [7, 11) is 0. The molecule has 0 unspecified atom stereocenters. The van der Waals surface area contributed by atoms with Gasteiger partial charge in [-0.25, -0.2) is 0 Å². The van der Waals surface area contributed by atoms with E-state index in [0.717, 1.165) is 68.4 Å². The van der Waals surface area contributed by atoms with Gasteiger partial charge in [0.2, 0.25) is 11.8 Å². The average molecular weight is 485 g/mol. The van der Waals surface area contributed by atoms with Crippen molar-refractivity contribution in [2.75, 3.05) is 70.5 Å². The van der Waals surface area contributed by atoms with Gasteiger partial charge in [-0.15, -0.1) is 11.3 Å². The van der Waals surface area contributed by atoms with Crippen LogP contribution in [-0.2, 0) is 16.1 Å². The summed E-state index contributed by atoms with van der Waals surface area (Å²) >= 11 is 1.65. The van der Waals surface area contributed by atoms with Crippen molar-refractivity contribution in [2.45, 2.75) is 19.4 Å². The number of amides is 2. The van der Waals surface area contributed by atoms with E-state index in [4.69, 9.17) is 9.47 Å². The first-order chi connectivity index (χ1) is 16.7. The van der Waals surface area contributed by atoms with Crippen LogP contribution in [0.25, 0.3) is 0 Å². The number of benzene rings is 1. The Bertz CT molecular complexity index is 985. The molecule has 1 aromatic carbocycles. The van der Waals surface area contributed by atoms with Crippen molar-refractivity contribution in [1.29, 1.82) is 0 Å². The Balaban J connectivity index is 1.20. The van der Waals surface area contributed by atoms with Gasteiger partial charge < -0.3 is 19.3 Å². The highest BCUT2D eigenvalue weighted by Gasteiger charge is 2.26.